The molecule has 6 heteroatoms. The lowest BCUT2D eigenvalue weighted by molar-refractivity contribution is 0.474. The maximum Gasteiger partial charge on any atom is 0.342 e. The lowest BCUT2D eigenvalue weighted by Crippen LogP contribution is -2.12. The molecule has 0 aromatic heterocycles. The summed E-state index contributed by atoms with van der Waals surface area (Å²) in [4.78, 5) is -0.833. The van der Waals surface area contributed by atoms with Crippen LogP contribution in [-0.2, 0) is 10.1 Å². The third kappa shape index (κ3) is 2.78. The van der Waals surface area contributed by atoms with E-state index in [9.17, 15) is 17.2 Å². The summed E-state index contributed by atoms with van der Waals surface area (Å²) >= 11 is 0. The number of hydrogen-bond donors (Lipinski definition) is 0. The first-order valence-corrected chi connectivity index (χ1v) is 7.75. The Kier molecular flexibility index (Phi) is 3.54. The zero-order chi connectivity index (χ0) is 15.7. The molecule has 0 radical (unpaired) electrons. The zero-order valence-electron chi connectivity index (χ0n) is 11.2. The standard InChI is InChI=1S/C16H10F2O3S/c17-13-6-8-15(18)16(10-13)22(19,20)21-14-7-5-11-3-1-2-4-12(11)9-14/h1-10H. The second-order valence-corrected chi connectivity index (χ2v) is 6.14. The molecule has 0 aliphatic heterocycles. The quantitative estimate of drug-likeness (QED) is 0.688. The molecule has 0 fully saturated rings. The second-order valence-electron chi connectivity index (χ2n) is 4.62. The molecule has 0 aliphatic carbocycles. The van der Waals surface area contributed by atoms with E-state index in [2.05, 4.69) is 0 Å². The molecule has 3 rings (SSSR count). The molecule has 0 heterocycles. The highest BCUT2D eigenvalue weighted by Gasteiger charge is 2.22. The molecule has 3 aromatic rings. The van der Waals surface area contributed by atoms with Gasteiger partial charge in [0.15, 0.2) is 0 Å². The Labute approximate surface area is 125 Å². The van der Waals surface area contributed by atoms with Gasteiger partial charge in [-0.3, -0.25) is 0 Å². The average molecular weight is 320 g/mol. The van der Waals surface area contributed by atoms with Crippen molar-refractivity contribution < 1.29 is 21.4 Å². The second kappa shape index (κ2) is 5.38. The minimum absolute atomic E-state index is 0.0300. The summed E-state index contributed by atoms with van der Waals surface area (Å²) in [7, 11) is -4.45. The summed E-state index contributed by atoms with van der Waals surface area (Å²) in [6.45, 7) is 0. The molecule has 0 aliphatic rings. The van der Waals surface area contributed by atoms with Gasteiger partial charge in [-0.1, -0.05) is 30.3 Å². The topological polar surface area (TPSA) is 43.4 Å². The minimum Gasteiger partial charge on any atom is -0.379 e. The number of halogens is 2. The molecule has 112 valence electrons. The van der Waals surface area contributed by atoms with Gasteiger partial charge in [-0.2, -0.15) is 8.42 Å². The van der Waals surface area contributed by atoms with E-state index in [1.807, 2.05) is 12.1 Å². The Morgan fingerprint density at radius 3 is 2.32 bits per heavy atom. The summed E-state index contributed by atoms with van der Waals surface area (Å²) in [6, 6.07) is 14.1. The van der Waals surface area contributed by atoms with Gasteiger partial charge in [0.05, 0.1) is 0 Å². The van der Waals surface area contributed by atoms with Crippen LogP contribution in [0.3, 0.4) is 0 Å². The molecule has 3 nitrogen and oxygen atoms in total. The summed E-state index contributed by atoms with van der Waals surface area (Å²) in [5, 5.41) is 1.68. The monoisotopic (exact) mass is 320 g/mol. The van der Waals surface area contributed by atoms with Crippen molar-refractivity contribution in [2.24, 2.45) is 0 Å². The SMILES string of the molecule is O=S(=O)(Oc1ccc2ccccc2c1)c1cc(F)ccc1F. The smallest absolute Gasteiger partial charge is 0.342 e. The highest BCUT2D eigenvalue weighted by atomic mass is 32.2. The fraction of sp³-hybridized carbons (Fsp3) is 0. The molecule has 0 spiro atoms. The average Bonchev–Trinajstić information content (AvgIpc) is 2.49. The van der Waals surface area contributed by atoms with Gasteiger partial charge < -0.3 is 4.18 Å². The molecule has 0 saturated carbocycles. The van der Waals surface area contributed by atoms with Crippen LogP contribution in [0, 0.1) is 11.6 Å². The summed E-state index contributed by atoms with van der Waals surface area (Å²) in [5.41, 5.74) is 0. The van der Waals surface area contributed by atoms with E-state index < -0.39 is 26.6 Å². The van der Waals surface area contributed by atoms with Crippen LogP contribution in [0.15, 0.2) is 65.6 Å². The van der Waals surface area contributed by atoms with Crippen molar-refractivity contribution in [1.82, 2.24) is 0 Å². The van der Waals surface area contributed by atoms with Crippen molar-refractivity contribution in [3.05, 3.63) is 72.3 Å². The zero-order valence-corrected chi connectivity index (χ0v) is 12.0. The molecule has 22 heavy (non-hydrogen) atoms. The molecule has 0 bridgehead atoms. The van der Waals surface area contributed by atoms with Crippen LogP contribution in [0.5, 0.6) is 5.75 Å². The van der Waals surface area contributed by atoms with Gasteiger partial charge >= 0.3 is 10.1 Å². The first kappa shape index (κ1) is 14.5. The van der Waals surface area contributed by atoms with E-state index in [0.717, 1.165) is 22.9 Å². The van der Waals surface area contributed by atoms with Crippen LogP contribution in [0.2, 0.25) is 0 Å². The van der Waals surface area contributed by atoms with Gasteiger partial charge in [-0.05, 0) is 41.1 Å². The van der Waals surface area contributed by atoms with Crippen molar-refractivity contribution in [3.8, 4) is 5.75 Å². The molecule has 0 atom stereocenters. The van der Waals surface area contributed by atoms with Crippen LogP contribution in [0.1, 0.15) is 0 Å². The van der Waals surface area contributed by atoms with Gasteiger partial charge in [-0.25, -0.2) is 8.78 Å². The third-order valence-corrected chi connectivity index (χ3v) is 4.35. The van der Waals surface area contributed by atoms with Gasteiger partial charge in [0.1, 0.15) is 22.3 Å². The first-order chi connectivity index (χ1) is 10.5. The number of benzene rings is 3. The molecular formula is C16H10F2O3S. The fourth-order valence-electron chi connectivity index (χ4n) is 2.06. The van der Waals surface area contributed by atoms with E-state index in [0.29, 0.717) is 6.07 Å². The van der Waals surface area contributed by atoms with Gasteiger partial charge in [0.2, 0.25) is 0 Å². The maximum absolute atomic E-state index is 13.6. The van der Waals surface area contributed by atoms with Crippen LogP contribution >= 0.6 is 0 Å². The van der Waals surface area contributed by atoms with E-state index in [4.69, 9.17) is 4.18 Å². The van der Waals surface area contributed by atoms with Gasteiger partial charge in [-0.15, -0.1) is 0 Å². The Bertz CT molecular complexity index is 953. The molecule has 0 saturated heterocycles. The predicted octanol–water partition coefficient (Wildman–Crippen LogP) is 3.89. The normalized spacial score (nSPS) is 11.5. The van der Waals surface area contributed by atoms with Crippen LogP contribution in [0.4, 0.5) is 8.78 Å². The first-order valence-electron chi connectivity index (χ1n) is 6.34. The Balaban J connectivity index is 2.01. The van der Waals surface area contributed by atoms with Gasteiger partial charge in [0.25, 0.3) is 0 Å². The largest absolute Gasteiger partial charge is 0.379 e. The van der Waals surface area contributed by atoms with Crippen LogP contribution in [-0.4, -0.2) is 8.42 Å². The Morgan fingerprint density at radius 1 is 0.818 bits per heavy atom. The number of rotatable bonds is 3. The van der Waals surface area contributed by atoms with Crippen molar-refractivity contribution in [2.75, 3.05) is 0 Å². The lowest BCUT2D eigenvalue weighted by Gasteiger charge is -2.08. The number of hydrogen-bond acceptors (Lipinski definition) is 3. The van der Waals surface area contributed by atoms with Crippen molar-refractivity contribution in [1.29, 1.82) is 0 Å². The fourth-order valence-corrected chi connectivity index (χ4v) is 3.07. The molecular weight excluding hydrogens is 310 g/mol. The third-order valence-electron chi connectivity index (χ3n) is 3.09. The molecule has 3 aromatic carbocycles. The van der Waals surface area contributed by atoms with E-state index >= 15 is 0 Å². The van der Waals surface area contributed by atoms with Crippen molar-refractivity contribution >= 4 is 20.9 Å². The summed E-state index contributed by atoms with van der Waals surface area (Å²) in [6.07, 6.45) is 0. The summed E-state index contributed by atoms with van der Waals surface area (Å²) in [5.74, 6) is -1.90. The van der Waals surface area contributed by atoms with E-state index in [1.165, 1.54) is 12.1 Å². The predicted molar refractivity (Wildman–Crippen MR) is 78.1 cm³/mol. The van der Waals surface area contributed by atoms with Gasteiger partial charge in [0, 0.05) is 0 Å². The van der Waals surface area contributed by atoms with Crippen LogP contribution in [0.25, 0.3) is 10.8 Å². The minimum atomic E-state index is -4.45. The lowest BCUT2D eigenvalue weighted by atomic mass is 10.1. The highest BCUT2D eigenvalue weighted by Crippen LogP contribution is 2.25. The van der Waals surface area contributed by atoms with E-state index in [-0.39, 0.29) is 5.75 Å². The molecule has 0 N–H and O–H groups in total. The molecule has 0 amide bonds. The number of fused-ring (bicyclic) bond motifs is 1. The maximum atomic E-state index is 13.6. The van der Waals surface area contributed by atoms with E-state index in [1.54, 1.807) is 18.2 Å². The molecule has 0 unspecified atom stereocenters. The summed E-state index contributed by atoms with van der Waals surface area (Å²) < 4.78 is 55.8. The highest BCUT2D eigenvalue weighted by molar-refractivity contribution is 7.87. The Morgan fingerprint density at radius 2 is 1.55 bits per heavy atom. The Hall–Kier alpha value is -2.47. The van der Waals surface area contributed by atoms with Crippen LogP contribution < -0.4 is 4.18 Å². The van der Waals surface area contributed by atoms with Crippen molar-refractivity contribution in [3.63, 3.8) is 0 Å². The van der Waals surface area contributed by atoms with Crippen molar-refractivity contribution in [2.45, 2.75) is 4.90 Å².